The molecule has 0 unspecified atom stereocenters. The molecule has 6 nitrogen and oxygen atoms in total. The normalized spacial score (nSPS) is 10.6. The summed E-state index contributed by atoms with van der Waals surface area (Å²) in [4.78, 5) is 19.5. The monoisotopic (exact) mass is 273 g/mol. The minimum absolute atomic E-state index is 0.215. The molecule has 0 aliphatic heterocycles. The van der Waals surface area contributed by atoms with E-state index in [4.69, 9.17) is 11.6 Å². The van der Waals surface area contributed by atoms with E-state index in [2.05, 4.69) is 25.5 Å². The van der Waals surface area contributed by atoms with Crippen molar-refractivity contribution in [1.29, 1.82) is 0 Å². The second-order valence-electron chi connectivity index (χ2n) is 3.85. The fourth-order valence-electron chi connectivity index (χ4n) is 1.67. The molecule has 0 aliphatic rings. The Kier molecular flexibility index (Phi) is 2.85. The van der Waals surface area contributed by atoms with Crippen LogP contribution in [0.3, 0.4) is 0 Å². The van der Waals surface area contributed by atoms with Crippen molar-refractivity contribution in [3.8, 4) is 0 Å². The van der Waals surface area contributed by atoms with Crippen LogP contribution in [0.1, 0.15) is 10.5 Å². The maximum Gasteiger partial charge on any atom is 0.274 e. The molecule has 3 aromatic rings. The molecule has 0 saturated heterocycles. The average Bonchev–Trinajstić information content (AvgIpc) is 2.86. The lowest BCUT2D eigenvalue weighted by molar-refractivity contribution is 0.102. The number of hydrogen-bond acceptors (Lipinski definition) is 4. The van der Waals surface area contributed by atoms with Gasteiger partial charge in [-0.25, -0.2) is 9.97 Å². The largest absolute Gasteiger partial charge is 0.321 e. The number of carbonyl (C=O) groups is 1. The van der Waals surface area contributed by atoms with Crippen LogP contribution in [0.5, 0.6) is 0 Å². The topological polar surface area (TPSA) is 83.6 Å². The first-order valence-corrected chi connectivity index (χ1v) is 5.82. The van der Waals surface area contributed by atoms with Gasteiger partial charge in [0.05, 0.1) is 11.7 Å². The number of H-pyrrole nitrogens is 1. The van der Waals surface area contributed by atoms with Gasteiger partial charge in [-0.1, -0.05) is 11.6 Å². The van der Waals surface area contributed by atoms with E-state index in [-0.39, 0.29) is 16.8 Å². The average molecular weight is 274 g/mol. The zero-order chi connectivity index (χ0) is 13.2. The van der Waals surface area contributed by atoms with E-state index in [1.807, 2.05) is 12.1 Å². The quantitative estimate of drug-likeness (QED) is 0.702. The number of aromatic nitrogens is 4. The fraction of sp³-hybridized carbons (Fsp3) is 0. The highest BCUT2D eigenvalue weighted by Crippen LogP contribution is 2.17. The van der Waals surface area contributed by atoms with E-state index >= 15 is 0 Å². The van der Waals surface area contributed by atoms with Gasteiger partial charge < -0.3 is 5.32 Å². The SMILES string of the molecule is O=C(Nc1ccc2[nH]ncc2c1)c1cc(Cl)ncn1. The van der Waals surface area contributed by atoms with Gasteiger partial charge in [-0.2, -0.15) is 5.10 Å². The number of benzene rings is 1. The molecule has 1 aromatic carbocycles. The molecule has 0 aliphatic carbocycles. The molecule has 94 valence electrons. The molecule has 0 saturated carbocycles. The molecule has 7 heteroatoms. The van der Waals surface area contributed by atoms with E-state index in [1.165, 1.54) is 12.4 Å². The first-order valence-electron chi connectivity index (χ1n) is 5.44. The third-order valence-corrected chi connectivity index (χ3v) is 2.77. The van der Waals surface area contributed by atoms with Crippen LogP contribution in [0, 0.1) is 0 Å². The van der Waals surface area contributed by atoms with Crippen LogP contribution in [-0.2, 0) is 0 Å². The van der Waals surface area contributed by atoms with Crippen molar-refractivity contribution in [2.75, 3.05) is 5.32 Å². The Bertz CT molecular complexity index is 754. The number of hydrogen-bond donors (Lipinski definition) is 2. The van der Waals surface area contributed by atoms with Gasteiger partial charge >= 0.3 is 0 Å². The van der Waals surface area contributed by atoms with Crippen molar-refractivity contribution in [2.24, 2.45) is 0 Å². The van der Waals surface area contributed by atoms with Crippen LogP contribution in [0.4, 0.5) is 5.69 Å². The van der Waals surface area contributed by atoms with Crippen LogP contribution >= 0.6 is 11.6 Å². The molecule has 0 spiro atoms. The van der Waals surface area contributed by atoms with Crippen molar-refractivity contribution in [3.05, 3.63) is 47.6 Å². The highest BCUT2D eigenvalue weighted by atomic mass is 35.5. The lowest BCUT2D eigenvalue weighted by atomic mass is 10.2. The lowest BCUT2D eigenvalue weighted by Gasteiger charge is -2.04. The number of anilines is 1. The zero-order valence-corrected chi connectivity index (χ0v) is 10.3. The van der Waals surface area contributed by atoms with Gasteiger partial charge in [-0.05, 0) is 18.2 Å². The summed E-state index contributed by atoms with van der Waals surface area (Å²) in [5, 5.41) is 10.6. The van der Waals surface area contributed by atoms with E-state index in [0.717, 1.165) is 10.9 Å². The molecule has 2 N–H and O–H groups in total. The number of halogens is 1. The Morgan fingerprint density at radius 3 is 3.00 bits per heavy atom. The van der Waals surface area contributed by atoms with Crippen molar-refractivity contribution in [2.45, 2.75) is 0 Å². The fourth-order valence-corrected chi connectivity index (χ4v) is 1.82. The predicted molar refractivity (Wildman–Crippen MR) is 71.1 cm³/mol. The maximum absolute atomic E-state index is 12.0. The third-order valence-electron chi connectivity index (χ3n) is 2.56. The smallest absolute Gasteiger partial charge is 0.274 e. The van der Waals surface area contributed by atoms with Crippen molar-refractivity contribution < 1.29 is 4.79 Å². The minimum Gasteiger partial charge on any atom is -0.321 e. The zero-order valence-electron chi connectivity index (χ0n) is 9.59. The molecule has 0 radical (unpaired) electrons. The Morgan fingerprint density at radius 2 is 2.16 bits per heavy atom. The lowest BCUT2D eigenvalue weighted by Crippen LogP contribution is -2.13. The Morgan fingerprint density at radius 1 is 1.26 bits per heavy atom. The Balaban J connectivity index is 1.86. The number of nitrogens with one attached hydrogen (secondary N) is 2. The van der Waals surface area contributed by atoms with Crippen LogP contribution in [0.15, 0.2) is 36.8 Å². The standard InChI is InChI=1S/C12H8ClN5O/c13-11-4-10(14-6-15-11)12(19)17-8-1-2-9-7(3-8)5-16-18-9/h1-6H,(H,16,18)(H,17,19). The predicted octanol–water partition coefficient (Wildman–Crippen LogP) is 2.26. The molecule has 0 bridgehead atoms. The van der Waals surface area contributed by atoms with Crippen molar-refractivity contribution >= 4 is 34.1 Å². The number of aromatic amines is 1. The van der Waals surface area contributed by atoms with Crippen LogP contribution in [0.2, 0.25) is 5.15 Å². The summed E-state index contributed by atoms with van der Waals surface area (Å²) in [5.74, 6) is -0.341. The molecular weight excluding hydrogens is 266 g/mol. The summed E-state index contributed by atoms with van der Waals surface area (Å²) in [6.45, 7) is 0. The number of amides is 1. The van der Waals surface area contributed by atoms with Crippen molar-refractivity contribution in [1.82, 2.24) is 20.2 Å². The highest BCUT2D eigenvalue weighted by Gasteiger charge is 2.09. The van der Waals surface area contributed by atoms with E-state index in [1.54, 1.807) is 12.3 Å². The second-order valence-corrected chi connectivity index (χ2v) is 4.24. The molecule has 2 heterocycles. The Labute approximate surface area is 112 Å². The molecule has 3 rings (SSSR count). The number of nitrogens with zero attached hydrogens (tertiary/aromatic N) is 3. The number of carbonyl (C=O) groups excluding carboxylic acids is 1. The van der Waals surface area contributed by atoms with Gasteiger partial charge in [-0.15, -0.1) is 0 Å². The summed E-state index contributed by atoms with van der Waals surface area (Å²) >= 11 is 5.71. The summed E-state index contributed by atoms with van der Waals surface area (Å²) < 4.78 is 0. The Hall–Kier alpha value is -2.47. The van der Waals surface area contributed by atoms with E-state index in [0.29, 0.717) is 5.69 Å². The molecular formula is C12H8ClN5O. The highest BCUT2D eigenvalue weighted by molar-refractivity contribution is 6.29. The number of fused-ring (bicyclic) bond motifs is 1. The summed E-state index contributed by atoms with van der Waals surface area (Å²) in [7, 11) is 0. The van der Waals surface area contributed by atoms with Crippen LogP contribution in [-0.4, -0.2) is 26.1 Å². The number of rotatable bonds is 2. The first-order chi connectivity index (χ1) is 9.22. The van der Waals surface area contributed by atoms with Gasteiger partial charge in [0, 0.05) is 17.1 Å². The molecule has 2 aromatic heterocycles. The van der Waals surface area contributed by atoms with E-state index < -0.39 is 0 Å². The summed E-state index contributed by atoms with van der Waals surface area (Å²) in [5.41, 5.74) is 1.78. The van der Waals surface area contributed by atoms with E-state index in [9.17, 15) is 4.79 Å². The van der Waals surface area contributed by atoms with Crippen LogP contribution in [0.25, 0.3) is 10.9 Å². The van der Waals surface area contributed by atoms with Gasteiger partial charge in [0.1, 0.15) is 17.2 Å². The van der Waals surface area contributed by atoms with Crippen molar-refractivity contribution in [3.63, 3.8) is 0 Å². The molecule has 0 fully saturated rings. The molecule has 1 amide bonds. The van der Waals surface area contributed by atoms with Gasteiger partial charge in [0.2, 0.25) is 0 Å². The first kappa shape index (κ1) is 11.6. The van der Waals surface area contributed by atoms with Gasteiger partial charge in [0.25, 0.3) is 5.91 Å². The molecule has 19 heavy (non-hydrogen) atoms. The maximum atomic E-state index is 12.0. The van der Waals surface area contributed by atoms with Gasteiger partial charge in [0.15, 0.2) is 0 Å². The second kappa shape index (κ2) is 4.66. The summed E-state index contributed by atoms with van der Waals surface area (Å²) in [6, 6.07) is 6.85. The minimum atomic E-state index is -0.341. The summed E-state index contributed by atoms with van der Waals surface area (Å²) in [6.07, 6.45) is 2.93. The van der Waals surface area contributed by atoms with Gasteiger partial charge in [-0.3, -0.25) is 9.89 Å². The van der Waals surface area contributed by atoms with Crippen LogP contribution < -0.4 is 5.32 Å². The molecule has 0 atom stereocenters. The third kappa shape index (κ3) is 2.38.